The number of benzene rings is 4. The van der Waals surface area contributed by atoms with Gasteiger partial charge in [-0.05, 0) is 78.7 Å². The van der Waals surface area contributed by atoms with Crippen molar-refractivity contribution in [3.8, 4) is 0 Å². The molecule has 38 heavy (non-hydrogen) atoms. The van der Waals surface area contributed by atoms with E-state index < -0.39 is 26.0 Å². The first-order valence-electron chi connectivity index (χ1n) is 11.6. The van der Waals surface area contributed by atoms with Crippen molar-refractivity contribution in [2.24, 2.45) is 0 Å². The molecule has 0 saturated heterocycles. The van der Waals surface area contributed by atoms with Crippen molar-refractivity contribution >= 4 is 43.0 Å². The van der Waals surface area contributed by atoms with Gasteiger partial charge in [-0.2, -0.15) is 0 Å². The summed E-state index contributed by atoms with van der Waals surface area (Å²) >= 11 is 0. The Balaban J connectivity index is 1.44. The Morgan fingerprint density at radius 2 is 1.42 bits per heavy atom. The van der Waals surface area contributed by atoms with Gasteiger partial charge in [0.2, 0.25) is 10.0 Å². The maximum Gasteiger partial charge on any atom is 0.261 e. The van der Waals surface area contributed by atoms with Crippen LogP contribution in [0.5, 0.6) is 0 Å². The Bertz CT molecular complexity index is 1640. The van der Waals surface area contributed by atoms with Crippen molar-refractivity contribution in [1.82, 2.24) is 0 Å². The lowest BCUT2D eigenvalue weighted by molar-refractivity contribution is 0.102. The molecule has 4 aromatic rings. The average Bonchev–Trinajstić information content (AvgIpc) is 2.87. The van der Waals surface area contributed by atoms with E-state index in [1.807, 2.05) is 43.3 Å². The molecule has 0 aliphatic heterocycles. The summed E-state index contributed by atoms with van der Waals surface area (Å²) < 4.78 is 54.0. The lowest BCUT2D eigenvalue weighted by Gasteiger charge is -2.22. The quantitative estimate of drug-likeness (QED) is 0.305. The van der Waals surface area contributed by atoms with Crippen LogP contribution in [0.15, 0.2) is 108 Å². The molecule has 10 heteroatoms. The van der Waals surface area contributed by atoms with E-state index in [-0.39, 0.29) is 11.4 Å². The maximum atomic E-state index is 12.8. The molecule has 0 atom stereocenters. The fourth-order valence-corrected chi connectivity index (χ4v) is 5.71. The number of hydrogen-bond donors (Lipinski definition) is 2. The Kier molecular flexibility index (Phi) is 7.84. The van der Waals surface area contributed by atoms with E-state index in [0.29, 0.717) is 22.6 Å². The van der Waals surface area contributed by atoms with Crippen molar-refractivity contribution in [3.63, 3.8) is 0 Å². The Hall–Kier alpha value is -4.15. The number of nitrogens with zero attached hydrogens (tertiary/aromatic N) is 1. The van der Waals surface area contributed by atoms with Crippen molar-refractivity contribution in [2.75, 3.05) is 20.6 Å². The third-order valence-electron chi connectivity index (χ3n) is 5.68. The normalized spacial score (nSPS) is 11.5. The predicted molar refractivity (Wildman–Crippen MR) is 150 cm³/mol. The Morgan fingerprint density at radius 3 is 2.03 bits per heavy atom. The second kappa shape index (κ2) is 11.1. The number of aryl methyl sites for hydroxylation is 1. The molecule has 0 saturated carbocycles. The molecule has 1 amide bonds. The summed E-state index contributed by atoms with van der Waals surface area (Å²) in [6, 6.07) is 28.3. The highest BCUT2D eigenvalue weighted by atomic mass is 32.2. The average molecular weight is 550 g/mol. The van der Waals surface area contributed by atoms with E-state index in [1.54, 1.807) is 42.5 Å². The number of sulfonamides is 2. The molecule has 0 fully saturated rings. The van der Waals surface area contributed by atoms with Gasteiger partial charge in [0.15, 0.2) is 0 Å². The van der Waals surface area contributed by atoms with E-state index in [4.69, 9.17) is 0 Å². The van der Waals surface area contributed by atoms with Gasteiger partial charge < -0.3 is 5.32 Å². The molecule has 0 aromatic heterocycles. The van der Waals surface area contributed by atoms with E-state index in [2.05, 4.69) is 10.0 Å². The number of carbonyl (C=O) groups is 1. The van der Waals surface area contributed by atoms with Gasteiger partial charge in [0.25, 0.3) is 15.9 Å². The smallest absolute Gasteiger partial charge is 0.261 e. The fourth-order valence-electron chi connectivity index (χ4n) is 3.77. The van der Waals surface area contributed by atoms with E-state index in [9.17, 15) is 21.6 Å². The molecule has 0 aliphatic rings. The highest BCUT2D eigenvalue weighted by Crippen LogP contribution is 2.23. The van der Waals surface area contributed by atoms with Crippen molar-refractivity contribution in [1.29, 1.82) is 0 Å². The van der Waals surface area contributed by atoms with E-state index in [0.717, 1.165) is 17.4 Å². The van der Waals surface area contributed by atoms with Gasteiger partial charge in [-0.1, -0.05) is 42.5 Å². The molecule has 0 heterocycles. The summed E-state index contributed by atoms with van der Waals surface area (Å²) in [6.45, 7) is 2.04. The summed E-state index contributed by atoms with van der Waals surface area (Å²) in [6.07, 6.45) is 1.14. The number of amides is 1. The fraction of sp³-hybridized carbons (Fsp3) is 0.107. The first-order valence-corrected chi connectivity index (χ1v) is 15.0. The topological polar surface area (TPSA) is 113 Å². The third-order valence-corrected chi connectivity index (χ3v) is 8.22. The molecular formula is C28H27N3O5S2. The van der Waals surface area contributed by atoms with Crippen molar-refractivity contribution in [3.05, 3.63) is 120 Å². The van der Waals surface area contributed by atoms with Crippen LogP contribution in [0.1, 0.15) is 21.5 Å². The van der Waals surface area contributed by atoms with E-state index in [1.165, 1.54) is 28.6 Å². The van der Waals surface area contributed by atoms with Gasteiger partial charge in [0.05, 0.1) is 23.4 Å². The third kappa shape index (κ3) is 6.78. The maximum absolute atomic E-state index is 12.8. The Labute approximate surface area is 223 Å². The highest BCUT2D eigenvalue weighted by molar-refractivity contribution is 7.92. The first kappa shape index (κ1) is 26.9. The van der Waals surface area contributed by atoms with Crippen LogP contribution >= 0.6 is 0 Å². The number of nitrogens with one attached hydrogen (secondary N) is 2. The first-order chi connectivity index (χ1) is 18.0. The van der Waals surface area contributed by atoms with Crippen molar-refractivity contribution < 1.29 is 21.6 Å². The van der Waals surface area contributed by atoms with E-state index >= 15 is 0 Å². The minimum atomic E-state index is -3.79. The van der Waals surface area contributed by atoms with Gasteiger partial charge in [0, 0.05) is 16.9 Å². The molecule has 0 radical (unpaired) electrons. The number of rotatable bonds is 9. The van der Waals surface area contributed by atoms with Gasteiger partial charge in [-0.3, -0.25) is 13.8 Å². The second-order valence-electron chi connectivity index (χ2n) is 8.76. The summed E-state index contributed by atoms with van der Waals surface area (Å²) in [5.41, 5.74) is 3.39. The van der Waals surface area contributed by atoms with Crippen LogP contribution in [-0.2, 0) is 26.6 Å². The molecule has 0 aliphatic carbocycles. The van der Waals surface area contributed by atoms with Crippen LogP contribution < -0.4 is 14.3 Å². The monoisotopic (exact) mass is 549 g/mol. The summed E-state index contributed by atoms with van der Waals surface area (Å²) in [5, 5.41) is 2.73. The molecule has 2 N–H and O–H groups in total. The molecule has 196 valence electrons. The van der Waals surface area contributed by atoms with Gasteiger partial charge in [-0.15, -0.1) is 0 Å². The lowest BCUT2D eigenvalue weighted by atomic mass is 10.1. The zero-order valence-electron chi connectivity index (χ0n) is 20.8. The van der Waals surface area contributed by atoms with Crippen molar-refractivity contribution in [2.45, 2.75) is 18.4 Å². The largest absolute Gasteiger partial charge is 0.322 e. The van der Waals surface area contributed by atoms with Crippen LogP contribution in [0, 0.1) is 6.92 Å². The second-order valence-corrected chi connectivity index (χ2v) is 12.3. The predicted octanol–water partition coefficient (Wildman–Crippen LogP) is 5.01. The van der Waals surface area contributed by atoms with Crippen LogP contribution in [0.25, 0.3) is 0 Å². The zero-order chi connectivity index (χ0) is 27.3. The van der Waals surface area contributed by atoms with Gasteiger partial charge >= 0.3 is 0 Å². The standard InChI is InChI=1S/C28H27N3O5S2/c1-21-7-6-10-25(19-21)30-38(35,36)27-17-13-24(14-18-27)29-28(32)23-11-15-26(16-12-23)31(37(2,33)34)20-22-8-4-3-5-9-22/h3-19,30H,20H2,1-2H3,(H,29,32). The highest BCUT2D eigenvalue weighted by Gasteiger charge is 2.19. The van der Waals surface area contributed by atoms with Crippen LogP contribution in [0.2, 0.25) is 0 Å². The molecular weight excluding hydrogens is 522 g/mol. The summed E-state index contributed by atoms with van der Waals surface area (Å²) in [5.74, 6) is -0.418. The number of anilines is 3. The van der Waals surface area contributed by atoms with Gasteiger partial charge in [0.1, 0.15) is 0 Å². The number of hydrogen-bond acceptors (Lipinski definition) is 5. The molecule has 8 nitrogen and oxygen atoms in total. The number of carbonyl (C=O) groups excluding carboxylic acids is 1. The molecule has 0 bridgehead atoms. The van der Waals surface area contributed by atoms with Crippen LogP contribution in [0.3, 0.4) is 0 Å². The summed E-state index contributed by atoms with van der Waals surface area (Å²) in [7, 11) is -7.35. The Morgan fingerprint density at radius 1 is 0.763 bits per heavy atom. The molecule has 4 rings (SSSR count). The molecule has 0 spiro atoms. The minimum Gasteiger partial charge on any atom is -0.322 e. The van der Waals surface area contributed by atoms with Crippen LogP contribution in [0.4, 0.5) is 17.1 Å². The molecule has 4 aromatic carbocycles. The zero-order valence-corrected chi connectivity index (χ0v) is 22.5. The van der Waals surface area contributed by atoms with Crippen LogP contribution in [-0.4, -0.2) is 29.0 Å². The minimum absolute atomic E-state index is 0.0561. The van der Waals surface area contributed by atoms with Gasteiger partial charge in [-0.25, -0.2) is 16.8 Å². The SMILES string of the molecule is Cc1cccc(NS(=O)(=O)c2ccc(NC(=O)c3ccc(N(Cc4ccccc4)S(C)(=O)=O)cc3)cc2)c1. The molecule has 0 unspecified atom stereocenters. The summed E-state index contributed by atoms with van der Waals surface area (Å²) in [4.78, 5) is 12.8. The lowest BCUT2D eigenvalue weighted by Crippen LogP contribution is -2.29.